The molecule has 15 heavy (non-hydrogen) atoms. The van der Waals surface area contributed by atoms with E-state index < -0.39 is 0 Å². The van der Waals surface area contributed by atoms with Gasteiger partial charge in [-0.1, -0.05) is 19.1 Å². The Labute approximate surface area is 90.1 Å². The van der Waals surface area contributed by atoms with Gasteiger partial charge in [0.1, 0.15) is 0 Å². The molecule has 0 radical (unpaired) electrons. The van der Waals surface area contributed by atoms with Crippen molar-refractivity contribution in [3.05, 3.63) is 12.2 Å². The average molecular weight is 210 g/mol. The molecule has 1 saturated carbocycles. The fraction of sp³-hybridized carbons (Fsp3) is 0.833. The van der Waals surface area contributed by atoms with Gasteiger partial charge < -0.3 is 14.6 Å². The first-order chi connectivity index (χ1) is 7.14. The Morgan fingerprint density at radius 3 is 2.73 bits per heavy atom. The van der Waals surface area contributed by atoms with Gasteiger partial charge in [0, 0.05) is 18.8 Å². The molecule has 0 aromatic carbocycles. The number of rotatable bonds is 0. The van der Waals surface area contributed by atoms with Gasteiger partial charge in [0.2, 0.25) is 0 Å². The van der Waals surface area contributed by atoms with Crippen molar-refractivity contribution in [2.24, 2.45) is 11.3 Å². The molecule has 0 amide bonds. The molecule has 3 nitrogen and oxygen atoms in total. The topological polar surface area (TPSA) is 38.7 Å². The maximum absolute atomic E-state index is 9.94. The summed E-state index contributed by atoms with van der Waals surface area (Å²) in [6, 6.07) is 0. The van der Waals surface area contributed by atoms with Crippen molar-refractivity contribution < 1.29 is 14.6 Å². The minimum Gasteiger partial charge on any atom is -0.389 e. The monoisotopic (exact) mass is 210 g/mol. The van der Waals surface area contributed by atoms with Crippen LogP contribution in [0, 0.1) is 11.3 Å². The summed E-state index contributed by atoms with van der Waals surface area (Å²) in [6.07, 6.45) is 6.61. The zero-order valence-corrected chi connectivity index (χ0v) is 9.11. The van der Waals surface area contributed by atoms with E-state index in [4.69, 9.17) is 9.47 Å². The van der Waals surface area contributed by atoms with Crippen LogP contribution in [0.5, 0.6) is 0 Å². The van der Waals surface area contributed by atoms with Crippen LogP contribution in [-0.2, 0) is 9.47 Å². The van der Waals surface area contributed by atoms with Crippen molar-refractivity contribution >= 4 is 0 Å². The SMILES string of the molecule is C[C@]12C=C[C@H](O)[C@@H]1CC1(CC2)OCCO1. The van der Waals surface area contributed by atoms with Gasteiger partial charge in [0.25, 0.3) is 0 Å². The van der Waals surface area contributed by atoms with Gasteiger partial charge in [-0.15, -0.1) is 0 Å². The highest BCUT2D eigenvalue weighted by Gasteiger charge is 2.52. The fourth-order valence-electron chi connectivity index (χ4n) is 3.24. The average Bonchev–Trinajstić information content (AvgIpc) is 2.78. The van der Waals surface area contributed by atoms with Crippen LogP contribution in [0.2, 0.25) is 0 Å². The van der Waals surface area contributed by atoms with E-state index in [2.05, 4.69) is 13.0 Å². The number of ether oxygens (including phenoxy) is 2. The second kappa shape index (κ2) is 3.06. The third-order valence-electron chi connectivity index (χ3n) is 4.32. The Morgan fingerprint density at radius 2 is 2.00 bits per heavy atom. The largest absolute Gasteiger partial charge is 0.389 e. The van der Waals surface area contributed by atoms with E-state index in [1.54, 1.807) is 0 Å². The lowest BCUT2D eigenvalue weighted by Crippen LogP contribution is -2.45. The molecular weight excluding hydrogens is 192 g/mol. The first-order valence-corrected chi connectivity index (χ1v) is 5.79. The number of aliphatic hydroxyl groups is 1. The predicted molar refractivity (Wildman–Crippen MR) is 55.2 cm³/mol. The van der Waals surface area contributed by atoms with Crippen molar-refractivity contribution in [2.75, 3.05) is 13.2 Å². The van der Waals surface area contributed by atoms with E-state index >= 15 is 0 Å². The van der Waals surface area contributed by atoms with Crippen LogP contribution in [0.3, 0.4) is 0 Å². The van der Waals surface area contributed by atoms with Crippen molar-refractivity contribution in [3.8, 4) is 0 Å². The highest BCUT2D eigenvalue weighted by atomic mass is 16.7. The standard InChI is InChI=1S/C12H18O3/c1-11-3-2-10(13)9(11)8-12(5-4-11)14-6-7-15-12/h2-3,9-10,13H,4-8H2,1H3/t9-,10-,11+/m0/s1. The van der Waals surface area contributed by atoms with Crippen molar-refractivity contribution in [2.45, 2.75) is 38.1 Å². The van der Waals surface area contributed by atoms with Crippen molar-refractivity contribution in [1.82, 2.24) is 0 Å². The molecule has 2 fully saturated rings. The Hall–Kier alpha value is -0.380. The molecule has 1 N–H and O–H groups in total. The van der Waals surface area contributed by atoms with Crippen LogP contribution in [0.4, 0.5) is 0 Å². The Balaban J connectivity index is 1.83. The van der Waals surface area contributed by atoms with E-state index in [0.717, 1.165) is 19.3 Å². The number of fused-ring (bicyclic) bond motifs is 1. The quantitative estimate of drug-likeness (QED) is 0.615. The van der Waals surface area contributed by atoms with Gasteiger partial charge in [-0.3, -0.25) is 0 Å². The Kier molecular flexibility index (Phi) is 2.00. The van der Waals surface area contributed by atoms with Crippen LogP contribution in [0.15, 0.2) is 12.2 Å². The van der Waals surface area contributed by atoms with E-state index in [1.807, 2.05) is 6.08 Å². The van der Waals surface area contributed by atoms with Crippen molar-refractivity contribution in [1.29, 1.82) is 0 Å². The van der Waals surface area contributed by atoms with E-state index in [-0.39, 0.29) is 23.2 Å². The lowest BCUT2D eigenvalue weighted by Gasteiger charge is -2.44. The number of aliphatic hydroxyl groups excluding tert-OH is 1. The minimum atomic E-state index is -0.378. The molecule has 3 rings (SSSR count). The highest BCUT2D eigenvalue weighted by molar-refractivity contribution is 5.17. The second-order valence-electron chi connectivity index (χ2n) is 5.27. The molecule has 3 heteroatoms. The van der Waals surface area contributed by atoms with Gasteiger partial charge in [-0.2, -0.15) is 0 Å². The van der Waals surface area contributed by atoms with E-state index in [9.17, 15) is 5.11 Å². The molecule has 84 valence electrons. The van der Waals surface area contributed by atoms with Gasteiger partial charge in [-0.25, -0.2) is 0 Å². The van der Waals surface area contributed by atoms with Gasteiger partial charge in [0.05, 0.1) is 19.3 Å². The number of hydrogen-bond donors (Lipinski definition) is 1. The molecule has 0 unspecified atom stereocenters. The molecule has 1 saturated heterocycles. The van der Waals surface area contributed by atoms with Gasteiger partial charge >= 0.3 is 0 Å². The van der Waals surface area contributed by atoms with Crippen LogP contribution < -0.4 is 0 Å². The first kappa shape index (κ1) is 9.82. The van der Waals surface area contributed by atoms with Crippen LogP contribution in [0.25, 0.3) is 0 Å². The van der Waals surface area contributed by atoms with Gasteiger partial charge in [-0.05, 0) is 11.8 Å². The molecule has 1 heterocycles. The number of allylic oxidation sites excluding steroid dienone is 1. The summed E-state index contributed by atoms with van der Waals surface area (Å²) >= 11 is 0. The summed E-state index contributed by atoms with van der Waals surface area (Å²) in [4.78, 5) is 0. The van der Waals surface area contributed by atoms with E-state index in [0.29, 0.717) is 13.2 Å². The summed E-state index contributed by atoms with van der Waals surface area (Å²) in [6.45, 7) is 3.63. The molecule has 3 aliphatic rings. The zero-order valence-electron chi connectivity index (χ0n) is 9.11. The third-order valence-corrected chi connectivity index (χ3v) is 4.32. The molecule has 2 aliphatic carbocycles. The minimum absolute atomic E-state index is 0.153. The summed E-state index contributed by atoms with van der Waals surface area (Å²) in [7, 11) is 0. The van der Waals surface area contributed by atoms with Gasteiger partial charge in [0.15, 0.2) is 5.79 Å². The highest BCUT2D eigenvalue weighted by Crippen LogP contribution is 2.53. The second-order valence-corrected chi connectivity index (χ2v) is 5.27. The molecular formula is C12H18O3. The lowest BCUT2D eigenvalue weighted by molar-refractivity contribution is -0.206. The zero-order chi connectivity index (χ0) is 10.5. The Bertz CT molecular complexity index is 293. The normalized spacial score (nSPS) is 47.3. The third kappa shape index (κ3) is 1.37. The van der Waals surface area contributed by atoms with E-state index in [1.165, 1.54) is 0 Å². The molecule has 1 aliphatic heterocycles. The number of hydrogen-bond acceptors (Lipinski definition) is 3. The maximum atomic E-state index is 9.94. The van der Waals surface area contributed by atoms with Crippen LogP contribution in [-0.4, -0.2) is 30.2 Å². The summed E-state index contributed by atoms with van der Waals surface area (Å²) < 4.78 is 11.4. The lowest BCUT2D eigenvalue weighted by atomic mass is 9.67. The van der Waals surface area contributed by atoms with Crippen LogP contribution >= 0.6 is 0 Å². The molecule has 3 atom stereocenters. The molecule has 0 aromatic heterocycles. The Morgan fingerprint density at radius 1 is 1.27 bits per heavy atom. The molecule has 0 aromatic rings. The summed E-state index contributed by atoms with van der Waals surface area (Å²) in [5.74, 6) is -0.110. The van der Waals surface area contributed by atoms with Crippen LogP contribution in [0.1, 0.15) is 26.2 Å². The maximum Gasteiger partial charge on any atom is 0.168 e. The first-order valence-electron chi connectivity index (χ1n) is 5.79. The smallest absolute Gasteiger partial charge is 0.168 e. The van der Waals surface area contributed by atoms with Crippen molar-refractivity contribution in [3.63, 3.8) is 0 Å². The molecule has 0 bridgehead atoms. The predicted octanol–water partition coefficient (Wildman–Crippen LogP) is 1.47. The molecule has 1 spiro atoms. The summed E-state index contributed by atoms with van der Waals surface area (Å²) in [5.41, 5.74) is 0.153. The summed E-state index contributed by atoms with van der Waals surface area (Å²) in [5, 5.41) is 9.94. The fourth-order valence-corrected chi connectivity index (χ4v) is 3.24.